The highest BCUT2D eigenvalue weighted by Crippen LogP contribution is 2.17. The zero-order valence-electron chi connectivity index (χ0n) is 15.5. The fraction of sp³-hybridized carbons (Fsp3) is 0.556. The van der Waals surface area contributed by atoms with Gasteiger partial charge >= 0.3 is 0 Å². The molecule has 0 saturated carbocycles. The van der Waals surface area contributed by atoms with Gasteiger partial charge in [-0.05, 0) is 37.1 Å². The quantitative estimate of drug-likeness (QED) is 0.663. The van der Waals surface area contributed by atoms with Gasteiger partial charge < -0.3 is 14.5 Å². The molecule has 1 atom stereocenters. The Balaban J connectivity index is 1.42. The van der Waals surface area contributed by atoms with Crippen LogP contribution in [-0.2, 0) is 24.3 Å². The largest absolute Gasteiger partial charge is 0.368 e. The summed E-state index contributed by atoms with van der Waals surface area (Å²) in [5.41, 5.74) is 0. The van der Waals surface area contributed by atoms with Crippen LogP contribution < -0.4 is 4.72 Å². The van der Waals surface area contributed by atoms with Crippen LogP contribution in [0.1, 0.15) is 19.3 Å². The van der Waals surface area contributed by atoms with Crippen molar-refractivity contribution in [2.75, 3.05) is 39.3 Å². The van der Waals surface area contributed by atoms with Crippen molar-refractivity contribution in [3.8, 4) is 0 Å². The standard InChI is InChI=1S/C18H24BrN3O5S/c19-14-3-5-15(6-4-14)28(25,26)20-8-7-17(23)21-9-11-22(12-10-21)18(24)16-2-1-13-27-16/h3-6,16,20H,1-2,7-13H2. The van der Waals surface area contributed by atoms with Gasteiger partial charge in [0.1, 0.15) is 6.10 Å². The molecule has 0 bridgehead atoms. The minimum atomic E-state index is -3.64. The maximum absolute atomic E-state index is 12.4. The Hall–Kier alpha value is -1.49. The van der Waals surface area contributed by atoms with Gasteiger partial charge in [-0.1, -0.05) is 15.9 Å². The monoisotopic (exact) mass is 473 g/mol. The number of sulfonamides is 1. The number of hydrogen-bond donors (Lipinski definition) is 1. The highest BCUT2D eigenvalue weighted by Gasteiger charge is 2.31. The minimum Gasteiger partial charge on any atom is -0.368 e. The van der Waals surface area contributed by atoms with Crippen LogP contribution in [0.15, 0.2) is 33.6 Å². The number of nitrogens with one attached hydrogen (secondary N) is 1. The third kappa shape index (κ3) is 5.31. The van der Waals surface area contributed by atoms with Gasteiger partial charge in [0.15, 0.2) is 0 Å². The van der Waals surface area contributed by atoms with Gasteiger partial charge in [0.2, 0.25) is 15.9 Å². The fourth-order valence-corrected chi connectivity index (χ4v) is 4.60. The molecule has 1 unspecified atom stereocenters. The topological polar surface area (TPSA) is 96.0 Å². The van der Waals surface area contributed by atoms with Gasteiger partial charge in [0, 0.05) is 50.2 Å². The van der Waals surface area contributed by atoms with Gasteiger partial charge in [-0.2, -0.15) is 0 Å². The van der Waals surface area contributed by atoms with Crippen molar-refractivity contribution in [3.05, 3.63) is 28.7 Å². The summed E-state index contributed by atoms with van der Waals surface area (Å²) in [6.45, 7) is 2.54. The van der Waals surface area contributed by atoms with Crippen molar-refractivity contribution in [1.82, 2.24) is 14.5 Å². The van der Waals surface area contributed by atoms with E-state index in [9.17, 15) is 18.0 Å². The lowest BCUT2D eigenvalue weighted by molar-refractivity contribution is -0.145. The molecule has 0 aliphatic carbocycles. The Kier molecular flexibility index (Phi) is 7.08. The van der Waals surface area contributed by atoms with E-state index in [1.807, 2.05) is 0 Å². The summed E-state index contributed by atoms with van der Waals surface area (Å²) in [7, 11) is -3.64. The Labute approximate surface area is 173 Å². The molecule has 10 heteroatoms. The second kappa shape index (κ2) is 9.34. The summed E-state index contributed by atoms with van der Waals surface area (Å²) in [6, 6.07) is 6.30. The molecular weight excluding hydrogens is 450 g/mol. The van der Waals surface area contributed by atoms with Gasteiger partial charge in [-0.25, -0.2) is 13.1 Å². The highest BCUT2D eigenvalue weighted by molar-refractivity contribution is 9.10. The van der Waals surface area contributed by atoms with Crippen LogP contribution in [0.3, 0.4) is 0 Å². The molecule has 0 radical (unpaired) electrons. The molecule has 0 spiro atoms. The summed E-state index contributed by atoms with van der Waals surface area (Å²) in [5.74, 6) is -0.116. The normalized spacial score (nSPS) is 20.4. The molecule has 1 N–H and O–H groups in total. The number of piperazine rings is 1. The molecule has 2 heterocycles. The summed E-state index contributed by atoms with van der Waals surface area (Å²) in [5, 5.41) is 0. The molecule has 2 aliphatic heterocycles. The van der Waals surface area contributed by atoms with E-state index in [0.717, 1.165) is 17.3 Å². The van der Waals surface area contributed by atoms with Gasteiger partial charge in [-0.3, -0.25) is 9.59 Å². The lowest BCUT2D eigenvalue weighted by Gasteiger charge is -2.35. The molecular formula is C18H24BrN3O5S. The van der Waals surface area contributed by atoms with Crippen LogP contribution in [0.25, 0.3) is 0 Å². The van der Waals surface area contributed by atoms with Gasteiger partial charge in [0.05, 0.1) is 4.90 Å². The second-order valence-corrected chi connectivity index (χ2v) is 9.49. The van der Waals surface area contributed by atoms with Crippen molar-refractivity contribution in [2.45, 2.75) is 30.3 Å². The molecule has 3 rings (SSSR count). The molecule has 1 aromatic carbocycles. The summed E-state index contributed by atoms with van der Waals surface area (Å²) in [6.07, 6.45) is 1.41. The maximum Gasteiger partial charge on any atom is 0.251 e. The molecule has 2 saturated heterocycles. The third-order valence-corrected chi connectivity index (χ3v) is 6.91. The van der Waals surface area contributed by atoms with E-state index < -0.39 is 10.0 Å². The van der Waals surface area contributed by atoms with Crippen LogP contribution in [-0.4, -0.2) is 75.5 Å². The number of rotatable bonds is 6. The molecule has 2 aliphatic rings. The molecule has 154 valence electrons. The number of amides is 2. The van der Waals surface area contributed by atoms with Crippen molar-refractivity contribution in [3.63, 3.8) is 0 Å². The van der Waals surface area contributed by atoms with E-state index in [0.29, 0.717) is 32.8 Å². The first-order chi connectivity index (χ1) is 13.4. The number of hydrogen-bond acceptors (Lipinski definition) is 5. The van der Waals surface area contributed by atoms with E-state index in [1.54, 1.807) is 21.9 Å². The number of carbonyl (C=O) groups is 2. The number of nitrogens with zero attached hydrogens (tertiary/aromatic N) is 2. The van der Waals surface area contributed by atoms with E-state index in [-0.39, 0.29) is 35.8 Å². The van der Waals surface area contributed by atoms with Crippen molar-refractivity contribution in [1.29, 1.82) is 0 Å². The first kappa shape index (κ1) is 21.2. The van der Waals surface area contributed by atoms with Crippen LogP contribution in [0.2, 0.25) is 0 Å². The zero-order valence-corrected chi connectivity index (χ0v) is 17.9. The molecule has 2 amide bonds. The second-order valence-electron chi connectivity index (χ2n) is 6.81. The van der Waals surface area contributed by atoms with Crippen LogP contribution in [0.5, 0.6) is 0 Å². The fourth-order valence-electron chi connectivity index (χ4n) is 3.30. The molecule has 2 fully saturated rings. The van der Waals surface area contributed by atoms with Crippen molar-refractivity contribution < 1.29 is 22.7 Å². The van der Waals surface area contributed by atoms with Gasteiger partial charge in [0.25, 0.3) is 5.91 Å². The number of carbonyl (C=O) groups excluding carboxylic acids is 2. The van der Waals surface area contributed by atoms with Gasteiger partial charge in [-0.15, -0.1) is 0 Å². The third-order valence-electron chi connectivity index (χ3n) is 4.90. The first-order valence-corrected chi connectivity index (χ1v) is 11.6. The Morgan fingerprint density at radius 2 is 1.75 bits per heavy atom. The van der Waals surface area contributed by atoms with Crippen LogP contribution in [0.4, 0.5) is 0 Å². The number of halogens is 1. The molecule has 28 heavy (non-hydrogen) atoms. The predicted octanol–water partition coefficient (Wildman–Crippen LogP) is 0.967. The molecule has 1 aromatic rings. The number of benzene rings is 1. The summed E-state index contributed by atoms with van der Waals surface area (Å²) >= 11 is 3.26. The first-order valence-electron chi connectivity index (χ1n) is 9.30. The lowest BCUT2D eigenvalue weighted by Crippen LogP contribution is -2.53. The Morgan fingerprint density at radius 3 is 2.36 bits per heavy atom. The highest BCUT2D eigenvalue weighted by atomic mass is 79.9. The summed E-state index contributed by atoms with van der Waals surface area (Å²) in [4.78, 5) is 28.3. The van der Waals surface area contributed by atoms with E-state index in [1.165, 1.54) is 12.1 Å². The average molecular weight is 474 g/mol. The number of ether oxygens (including phenoxy) is 1. The van der Waals surface area contributed by atoms with Crippen molar-refractivity contribution >= 4 is 37.8 Å². The van der Waals surface area contributed by atoms with E-state index >= 15 is 0 Å². The molecule has 0 aromatic heterocycles. The minimum absolute atomic E-state index is 0.00635. The van der Waals surface area contributed by atoms with Crippen LogP contribution >= 0.6 is 15.9 Å². The van der Waals surface area contributed by atoms with Crippen LogP contribution in [0, 0.1) is 0 Å². The smallest absolute Gasteiger partial charge is 0.251 e. The van der Waals surface area contributed by atoms with E-state index in [2.05, 4.69) is 20.7 Å². The molecule has 8 nitrogen and oxygen atoms in total. The lowest BCUT2D eigenvalue weighted by atomic mass is 10.2. The Morgan fingerprint density at radius 1 is 1.11 bits per heavy atom. The average Bonchev–Trinajstić information content (AvgIpc) is 3.22. The predicted molar refractivity (Wildman–Crippen MR) is 106 cm³/mol. The maximum atomic E-state index is 12.4. The van der Waals surface area contributed by atoms with Crippen molar-refractivity contribution in [2.24, 2.45) is 0 Å². The van der Waals surface area contributed by atoms with E-state index in [4.69, 9.17) is 4.74 Å². The summed E-state index contributed by atoms with van der Waals surface area (Å²) < 4.78 is 33.2. The Bertz CT molecular complexity index is 801. The zero-order chi connectivity index (χ0) is 20.1. The SMILES string of the molecule is O=C(CCNS(=O)(=O)c1ccc(Br)cc1)N1CCN(C(=O)C2CCCO2)CC1.